The van der Waals surface area contributed by atoms with E-state index in [0.29, 0.717) is 35.5 Å². The van der Waals surface area contributed by atoms with Crippen molar-refractivity contribution in [3.05, 3.63) is 52.2 Å². The molecule has 0 saturated carbocycles. The van der Waals surface area contributed by atoms with Crippen LogP contribution < -0.4 is 14.8 Å². The van der Waals surface area contributed by atoms with Crippen molar-refractivity contribution in [2.24, 2.45) is 0 Å². The van der Waals surface area contributed by atoms with Crippen molar-refractivity contribution in [3.63, 3.8) is 0 Å². The van der Waals surface area contributed by atoms with Crippen molar-refractivity contribution in [2.45, 2.75) is 33.7 Å². The Hall–Kier alpha value is -3.57. The van der Waals surface area contributed by atoms with E-state index in [4.69, 9.17) is 9.47 Å². The van der Waals surface area contributed by atoms with Crippen molar-refractivity contribution >= 4 is 28.5 Å². The molecule has 4 rings (SSSR count). The lowest BCUT2D eigenvalue weighted by molar-refractivity contribution is -0.112. The van der Waals surface area contributed by atoms with Crippen LogP contribution in [0.1, 0.15) is 30.3 Å². The predicted octanol–water partition coefficient (Wildman–Crippen LogP) is 4.96. The van der Waals surface area contributed by atoms with Crippen molar-refractivity contribution in [3.8, 4) is 28.8 Å². The van der Waals surface area contributed by atoms with E-state index in [1.165, 1.54) is 11.3 Å². The number of hydrogen-bond donors (Lipinski definition) is 1. The number of rotatable bonds is 6. The van der Waals surface area contributed by atoms with Gasteiger partial charge in [-0.3, -0.25) is 10.1 Å². The molecule has 0 aliphatic carbocycles. The van der Waals surface area contributed by atoms with Crippen LogP contribution in [-0.4, -0.2) is 28.7 Å². The molecular weight excluding hydrogens is 424 g/mol. The van der Waals surface area contributed by atoms with E-state index < -0.39 is 5.91 Å². The fraction of sp³-hybridized carbons (Fsp3) is 0.292. The summed E-state index contributed by atoms with van der Waals surface area (Å²) < 4.78 is 13.4. The largest absolute Gasteiger partial charge is 0.486 e. The van der Waals surface area contributed by atoms with Gasteiger partial charge < -0.3 is 14.0 Å². The van der Waals surface area contributed by atoms with Gasteiger partial charge in [-0.15, -0.1) is 11.3 Å². The van der Waals surface area contributed by atoms with E-state index in [1.54, 1.807) is 6.08 Å². The van der Waals surface area contributed by atoms with E-state index in [2.05, 4.69) is 21.8 Å². The standard InChI is InChI=1S/C24H24N4O3S/c1-4-7-28-15(2)10-18(16(28)3)11-19(13-25)23(29)27-24-26-20(14-32-24)17-5-6-21-22(12-17)31-9-8-30-21/h5-6,10-12,14H,4,7-9H2,1-3H3,(H,26,27,29)/b19-11+. The molecule has 1 aliphatic heterocycles. The van der Waals surface area contributed by atoms with Crippen molar-refractivity contribution < 1.29 is 14.3 Å². The number of benzene rings is 1. The molecule has 1 aliphatic rings. The lowest BCUT2D eigenvalue weighted by Crippen LogP contribution is -2.15. The van der Waals surface area contributed by atoms with Crippen LogP contribution in [0.25, 0.3) is 17.3 Å². The van der Waals surface area contributed by atoms with Gasteiger partial charge in [-0.2, -0.15) is 5.26 Å². The topological polar surface area (TPSA) is 89.2 Å². The molecule has 1 N–H and O–H groups in total. The molecule has 0 bridgehead atoms. The van der Waals surface area contributed by atoms with E-state index in [0.717, 1.165) is 35.5 Å². The number of nitrogens with one attached hydrogen (secondary N) is 1. The van der Waals surface area contributed by atoms with Gasteiger partial charge in [-0.05, 0) is 56.2 Å². The summed E-state index contributed by atoms with van der Waals surface area (Å²) in [4.78, 5) is 17.2. The molecule has 0 saturated heterocycles. The number of nitriles is 1. The molecule has 8 heteroatoms. The maximum atomic E-state index is 12.7. The average Bonchev–Trinajstić information content (AvgIpc) is 3.37. The SMILES string of the molecule is CCCn1c(C)cc(/C=C(\C#N)C(=O)Nc2nc(-c3ccc4c(c3)OCCO4)cs2)c1C. The molecule has 1 amide bonds. The number of carbonyl (C=O) groups is 1. The van der Waals surface area contributed by atoms with Crippen LogP contribution in [0.5, 0.6) is 11.5 Å². The maximum absolute atomic E-state index is 12.7. The molecule has 2 aromatic heterocycles. The molecular formula is C24H24N4O3S. The number of anilines is 1. The van der Waals surface area contributed by atoms with Crippen LogP contribution in [0, 0.1) is 25.2 Å². The normalized spacial score (nSPS) is 13.0. The summed E-state index contributed by atoms with van der Waals surface area (Å²) in [5.41, 5.74) is 4.65. The number of carbonyl (C=O) groups excluding carboxylic acids is 1. The molecule has 0 radical (unpaired) electrons. The fourth-order valence-electron chi connectivity index (χ4n) is 3.68. The highest BCUT2D eigenvalue weighted by molar-refractivity contribution is 7.14. The Labute approximate surface area is 190 Å². The van der Waals surface area contributed by atoms with Gasteiger partial charge >= 0.3 is 0 Å². The molecule has 0 atom stereocenters. The number of ether oxygens (including phenoxy) is 2. The Bertz CT molecular complexity index is 1230. The maximum Gasteiger partial charge on any atom is 0.268 e. The van der Waals surface area contributed by atoms with Crippen LogP contribution in [-0.2, 0) is 11.3 Å². The minimum atomic E-state index is -0.476. The Balaban J connectivity index is 1.52. The molecule has 3 aromatic rings. The van der Waals surface area contributed by atoms with Gasteiger partial charge in [-0.1, -0.05) is 6.92 Å². The highest BCUT2D eigenvalue weighted by atomic mass is 32.1. The lowest BCUT2D eigenvalue weighted by Gasteiger charge is -2.18. The molecule has 1 aromatic carbocycles. The van der Waals surface area contributed by atoms with Crippen molar-refractivity contribution in [1.29, 1.82) is 5.26 Å². The van der Waals surface area contributed by atoms with E-state index in [9.17, 15) is 10.1 Å². The van der Waals surface area contributed by atoms with E-state index >= 15 is 0 Å². The number of hydrogen-bond acceptors (Lipinski definition) is 6. The average molecular weight is 449 g/mol. The summed E-state index contributed by atoms with van der Waals surface area (Å²) in [5, 5.41) is 14.6. The highest BCUT2D eigenvalue weighted by Crippen LogP contribution is 2.35. The smallest absolute Gasteiger partial charge is 0.268 e. The first-order chi connectivity index (χ1) is 15.5. The minimum Gasteiger partial charge on any atom is -0.486 e. The van der Waals surface area contributed by atoms with E-state index in [-0.39, 0.29) is 5.57 Å². The summed E-state index contributed by atoms with van der Waals surface area (Å²) in [6.45, 7) is 8.11. The number of aromatic nitrogens is 2. The van der Waals surface area contributed by atoms with Gasteiger partial charge in [-0.25, -0.2) is 4.98 Å². The monoisotopic (exact) mass is 448 g/mol. The van der Waals surface area contributed by atoms with Gasteiger partial charge in [0.05, 0.1) is 5.69 Å². The van der Waals surface area contributed by atoms with Crippen molar-refractivity contribution in [2.75, 3.05) is 18.5 Å². The Morgan fingerprint density at radius 1 is 1.28 bits per heavy atom. The number of thiazole rings is 1. The van der Waals surface area contributed by atoms with Gasteiger partial charge in [0.2, 0.25) is 0 Å². The van der Waals surface area contributed by atoms with Crippen LogP contribution in [0.3, 0.4) is 0 Å². The molecule has 0 spiro atoms. The molecule has 0 unspecified atom stereocenters. The van der Waals surface area contributed by atoms with Gasteiger partial charge in [0.25, 0.3) is 5.91 Å². The Kier molecular flexibility index (Phi) is 6.28. The molecule has 0 fully saturated rings. The predicted molar refractivity (Wildman–Crippen MR) is 125 cm³/mol. The summed E-state index contributed by atoms with van der Waals surface area (Å²) in [6.07, 6.45) is 2.65. The molecule has 7 nitrogen and oxygen atoms in total. The first-order valence-electron chi connectivity index (χ1n) is 10.5. The van der Waals surface area contributed by atoms with Gasteiger partial charge in [0.15, 0.2) is 16.6 Å². The second-order valence-corrected chi connectivity index (χ2v) is 8.36. The summed E-state index contributed by atoms with van der Waals surface area (Å²) >= 11 is 1.30. The minimum absolute atomic E-state index is 0.0397. The zero-order valence-corrected chi connectivity index (χ0v) is 19.1. The van der Waals surface area contributed by atoms with Crippen LogP contribution in [0.2, 0.25) is 0 Å². The fourth-order valence-corrected chi connectivity index (χ4v) is 4.39. The zero-order chi connectivity index (χ0) is 22.7. The number of aryl methyl sites for hydroxylation is 1. The molecule has 3 heterocycles. The quantitative estimate of drug-likeness (QED) is 0.425. The van der Waals surface area contributed by atoms with Crippen molar-refractivity contribution in [1.82, 2.24) is 9.55 Å². The van der Waals surface area contributed by atoms with Gasteiger partial charge in [0.1, 0.15) is 24.9 Å². The summed E-state index contributed by atoms with van der Waals surface area (Å²) in [7, 11) is 0. The van der Waals surface area contributed by atoms with Crippen LogP contribution >= 0.6 is 11.3 Å². The van der Waals surface area contributed by atoms with E-state index in [1.807, 2.05) is 49.6 Å². The summed E-state index contributed by atoms with van der Waals surface area (Å²) in [5.74, 6) is 0.921. The third kappa shape index (κ3) is 4.39. The molecule has 32 heavy (non-hydrogen) atoms. The number of amides is 1. The van der Waals surface area contributed by atoms with Crippen LogP contribution in [0.15, 0.2) is 35.2 Å². The second kappa shape index (κ2) is 9.28. The summed E-state index contributed by atoms with van der Waals surface area (Å²) in [6, 6.07) is 9.65. The Morgan fingerprint density at radius 3 is 2.81 bits per heavy atom. The lowest BCUT2D eigenvalue weighted by atomic mass is 10.1. The first kappa shape index (κ1) is 21.7. The highest BCUT2D eigenvalue weighted by Gasteiger charge is 2.17. The number of nitrogens with zero attached hydrogens (tertiary/aromatic N) is 3. The second-order valence-electron chi connectivity index (χ2n) is 7.50. The third-order valence-electron chi connectivity index (χ3n) is 5.29. The zero-order valence-electron chi connectivity index (χ0n) is 18.3. The van der Waals surface area contributed by atoms with Crippen LogP contribution in [0.4, 0.5) is 5.13 Å². The van der Waals surface area contributed by atoms with Gasteiger partial charge in [0, 0.05) is 28.9 Å². The molecule has 164 valence electrons. The number of fused-ring (bicyclic) bond motifs is 1. The third-order valence-corrected chi connectivity index (χ3v) is 6.05. The first-order valence-corrected chi connectivity index (χ1v) is 11.3. The Morgan fingerprint density at radius 2 is 2.06 bits per heavy atom.